The zero-order valence-corrected chi connectivity index (χ0v) is 11.5. The molecular weight excluding hydrogens is 234 g/mol. The van der Waals surface area contributed by atoms with Crippen molar-refractivity contribution in [1.82, 2.24) is 4.90 Å². The molecule has 1 unspecified atom stereocenters. The third kappa shape index (κ3) is 5.07. The van der Waals surface area contributed by atoms with Crippen LogP contribution in [-0.4, -0.2) is 35.7 Å². The van der Waals surface area contributed by atoms with Crippen LogP contribution in [0.1, 0.15) is 25.8 Å². The van der Waals surface area contributed by atoms with Gasteiger partial charge in [0.15, 0.2) is 0 Å². The number of aliphatic hydroxyl groups excluding tert-OH is 1. The van der Waals surface area contributed by atoms with Crippen LogP contribution in [0.25, 0.3) is 0 Å². The lowest BCUT2D eigenvalue weighted by molar-refractivity contribution is 0.144. The fourth-order valence-corrected chi connectivity index (χ4v) is 2.10. The summed E-state index contributed by atoms with van der Waals surface area (Å²) < 4.78 is 0. The highest BCUT2D eigenvalue weighted by molar-refractivity contribution is 6.31. The Bertz CT molecular complexity index is 326. The molecule has 0 bridgehead atoms. The summed E-state index contributed by atoms with van der Waals surface area (Å²) in [5.74, 6) is 0. The van der Waals surface area contributed by atoms with Crippen LogP contribution in [0.2, 0.25) is 5.02 Å². The fraction of sp³-hybridized carbons (Fsp3) is 0.571. The summed E-state index contributed by atoms with van der Waals surface area (Å²) >= 11 is 6.06. The highest BCUT2D eigenvalue weighted by atomic mass is 35.5. The SMILES string of the molecule is CCN(CC)CCC(O)Cc1ccccc1Cl. The molecule has 1 aromatic rings. The van der Waals surface area contributed by atoms with Gasteiger partial charge in [0.2, 0.25) is 0 Å². The molecule has 0 heterocycles. The minimum Gasteiger partial charge on any atom is -0.393 e. The molecule has 0 spiro atoms. The van der Waals surface area contributed by atoms with Gasteiger partial charge < -0.3 is 10.0 Å². The molecule has 17 heavy (non-hydrogen) atoms. The molecule has 0 radical (unpaired) electrons. The highest BCUT2D eigenvalue weighted by Gasteiger charge is 2.09. The lowest BCUT2D eigenvalue weighted by Gasteiger charge is -2.20. The molecular formula is C14H22ClNO. The Kier molecular flexibility index (Phi) is 6.56. The van der Waals surface area contributed by atoms with Crippen LogP contribution >= 0.6 is 11.6 Å². The van der Waals surface area contributed by atoms with Crippen molar-refractivity contribution in [2.24, 2.45) is 0 Å². The van der Waals surface area contributed by atoms with Crippen molar-refractivity contribution < 1.29 is 5.11 Å². The maximum absolute atomic E-state index is 9.98. The van der Waals surface area contributed by atoms with Crippen LogP contribution in [-0.2, 0) is 6.42 Å². The van der Waals surface area contributed by atoms with Crippen LogP contribution in [0.4, 0.5) is 0 Å². The quantitative estimate of drug-likeness (QED) is 0.810. The van der Waals surface area contributed by atoms with Gasteiger partial charge in [-0.25, -0.2) is 0 Å². The molecule has 0 fully saturated rings. The summed E-state index contributed by atoms with van der Waals surface area (Å²) in [4.78, 5) is 2.32. The molecule has 96 valence electrons. The van der Waals surface area contributed by atoms with Gasteiger partial charge in [0.05, 0.1) is 6.10 Å². The van der Waals surface area contributed by atoms with Gasteiger partial charge in [0, 0.05) is 11.6 Å². The zero-order chi connectivity index (χ0) is 12.7. The van der Waals surface area contributed by atoms with E-state index in [1.54, 1.807) is 0 Å². The van der Waals surface area contributed by atoms with Crippen molar-refractivity contribution in [3.63, 3.8) is 0 Å². The smallest absolute Gasteiger partial charge is 0.0593 e. The Morgan fingerprint density at radius 3 is 2.47 bits per heavy atom. The van der Waals surface area contributed by atoms with Gasteiger partial charge >= 0.3 is 0 Å². The topological polar surface area (TPSA) is 23.5 Å². The average molecular weight is 256 g/mol. The molecule has 1 N–H and O–H groups in total. The predicted molar refractivity (Wildman–Crippen MR) is 73.6 cm³/mol. The molecule has 1 rings (SSSR count). The number of nitrogens with zero attached hydrogens (tertiary/aromatic N) is 1. The third-order valence-electron chi connectivity index (χ3n) is 3.09. The summed E-state index contributed by atoms with van der Waals surface area (Å²) in [5, 5.41) is 10.7. The van der Waals surface area contributed by atoms with E-state index in [2.05, 4.69) is 18.7 Å². The Hall–Kier alpha value is -0.570. The van der Waals surface area contributed by atoms with Crippen molar-refractivity contribution >= 4 is 11.6 Å². The van der Waals surface area contributed by atoms with Crippen molar-refractivity contribution in [2.75, 3.05) is 19.6 Å². The minimum atomic E-state index is -0.310. The second-order valence-electron chi connectivity index (χ2n) is 4.26. The van der Waals surface area contributed by atoms with E-state index in [9.17, 15) is 5.11 Å². The van der Waals surface area contributed by atoms with Gasteiger partial charge in [0.25, 0.3) is 0 Å². The summed E-state index contributed by atoms with van der Waals surface area (Å²) in [7, 11) is 0. The largest absolute Gasteiger partial charge is 0.393 e. The normalized spacial score (nSPS) is 13.0. The van der Waals surface area contributed by atoms with Crippen molar-refractivity contribution in [1.29, 1.82) is 0 Å². The van der Waals surface area contributed by atoms with Crippen LogP contribution in [0.3, 0.4) is 0 Å². The lowest BCUT2D eigenvalue weighted by atomic mass is 10.1. The summed E-state index contributed by atoms with van der Waals surface area (Å²) in [6.45, 7) is 7.30. The fourth-order valence-electron chi connectivity index (χ4n) is 1.89. The van der Waals surface area contributed by atoms with Crippen LogP contribution in [0.5, 0.6) is 0 Å². The number of aliphatic hydroxyl groups is 1. The van der Waals surface area contributed by atoms with E-state index < -0.39 is 0 Å². The first kappa shape index (κ1) is 14.5. The molecule has 0 aliphatic heterocycles. The summed E-state index contributed by atoms with van der Waals surface area (Å²) in [6.07, 6.45) is 1.13. The van der Waals surface area contributed by atoms with Gasteiger partial charge in [0.1, 0.15) is 0 Å². The number of hydrogen-bond acceptors (Lipinski definition) is 2. The number of rotatable bonds is 7. The van der Waals surface area contributed by atoms with Crippen molar-refractivity contribution in [3.8, 4) is 0 Å². The van der Waals surface area contributed by atoms with Gasteiger partial charge in [-0.05, 0) is 37.6 Å². The van der Waals surface area contributed by atoms with Crippen molar-refractivity contribution in [2.45, 2.75) is 32.8 Å². The van der Waals surface area contributed by atoms with E-state index in [1.807, 2.05) is 24.3 Å². The molecule has 0 saturated carbocycles. The second kappa shape index (κ2) is 7.70. The average Bonchev–Trinajstić information content (AvgIpc) is 2.33. The molecule has 0 amide bonds. The van der Waals surface area contributed by atoms with E-state index in [0.717, 1.165) is 36.6 Å². The lowest BCUT2D eigenvalue weighted by Crippen LogP contribution is -2.27. The summed E-state index contributed by atoms with van der Waals surface area (Å²) in [5.41, 5.74) is 1.03. The van der Waals surface area contributed by atoms with Gasteiger partial charge in [-0.15, -0.1) is 0 Å². The van der Waals surface area contributed by atoms with Gasteiger partial charge in [-0.2, -0.15) is 0 Å². The third-order valence-corrected chi connectivity index (χ3v) is 3.46. The molecule has 0 aliphatic rings. The molecule has 0 saturated heterocycles. The Morgan fingerprint density at radius 1 is 1.24 bits per heavy atom. The second-order valence-corrected chi connectivity index (χ2v) is 4.67. The van der Waals surface area contributed by atoms with E-state index in [0.29, 0.717) is 6.42 Å². The van der Waals surface area contributed by atoms with Crippen molar-refractivity contribution in [3.05, 3.63) is 34.9 Å². The Balaban J connectivity index is 2.39. The minimum absolute atomic E-state index is 0.310. The van der Waals surface area contributed by atoms with E-state index in [1.165, 1.54) is 0 Å². The molecule has 0 aromatic heterocycles. The molecule has 3 heteroatoms. The standard InChI is InChI=1S/C14H22ClNO/c1-3-16(4-2)10-9-13(17)11-12-7-5-6-8-14(12)15/h5-8,13,17H,3-4,9-11H2,1-2H3. The monoisotopic (exact) mass is 255 g/mol. The van der Waals surface area contributed by atoms with Crippen LogP contribution in [0.15, 0.2) is 24.3 Å². The maximum atomic E-state index is 9.98. The van der Waals surface area contributed by atoms with Gasteiger partial charge in [-0.3, -0.25) is 0 Å². The molecule has 1 atom stereocenters. The molecule has 2 nitrogen and oxygen atoms in total. The first-order chi connectivity index (χ1) is 8.17. The predicted octanol–water partition coefficient (Wildman–Crippen LogP) is 2.98. The molecule has 0 aliphatic carbocycles. The number of halogens is 1. The maximum Gasteiger partial charge on any atom is 0.0593 e. The van der Waals surface area contributed by atoms with Crippen LogP contribution in [0, 0.1) is 0 Å². The highest BCUT2D eigenvalue weighted by Crippen LogP contribution is 2.17. The Morgan fingerprint density at radius 2 is 1.88 bits per heavy atom. The van der Waals surface area contributed by atoms with E-state index >= 15 is 0 Å². The zero-order valence-electron chi connectivity index (χ0n) is 10.7. The summed E-state index contributed by atoms with van der Waals surface area (Å²) in [6, 6.07) is 7.71. The Labute approximate surface area is 109 Å². The first-order valence-corrected chi connectivity index (χ1v) is 6.69. The number of hydrogen-bond donors (Lipinski definition) is 1. The first-order valence-electron chi connectivity index (χ1n) is 6.31. The number of benzene rings is 1. The molecule has 1 aromatic carbocycles. The van der Waals surface area contributed by atoms with Gasteiger partial charge in [-0.1, -0.05) is 43.6 Å². The van der Waals surface area contributed by atoms with E-state index in [4.69, 9.17) is 11.6 Å². The van der Waals surface area contributed by atoms with Crippen LogP contribution < -0.4 is 0 Å². The van der Waals surface area contributed by atoms with E-state index in [-0.39, 0.29) is 6.10 Å².